The number of carbonyl (C=O) groups excluding carboxylic acids is 2. The zero-order chi connectivity index (χ0) is 21.4. The highest BCUT2D eigenvalue weighted by molar-refractivity contribution is 6.24. The SMILES string of the molecule is CCOc1ccc(N2CCC[N+]3=C2N=C2C3C(=O)N(CCC(C)C)C(=O)N2C)cc1. The predicted molar refractivity (Wildman–Crippen MR) is 115 cm³/mol. The lowest BCUT2D eigenvalue weighted by Crippen LogP contribution is -2.63. The summed E-state index contributed by atoms with van der Waals surface area (Å²) in [5.74, 6) is 2.35. The largest absolute Gasteiger partial charge is 0.494 e. The second kappa shape index (κ2) is 8.08. The summed E-state index contributed by atoms with van der Waals surface area (Å²) in [5.41, 5.74) is 0.999. The Morgan fingerprint density at radius 3 is 2.63 bits per heavy atom. The number of imide groups is 1. The van der Waals surface area contributed by atoms with Crippen molar-refractivity contribution >= 4 is 29.4 Å². The van der Waals surface area contributed by atoms with Crippen LogP contribution in [-0.4, -0.2) is 77.4 Å². The molecule has 1 saturated heterocycles. The van der Waals surface area contributed by atoms with Crippen molar-refractivity contribution in [2.45, 2.75) is 39.7 Å². The molecule has 3 aliphatic rings. The molecular weight excluding hydrogens is 382 g/mol. The number of guanidine groups is 1. The van der Waals surface area contributed by atoms with Gasteiger partial charge in [-0.3, -0.25) is 14.6 Å². The topological polar surface area (TPSA) is 68.5 Å². The zero-order valence-electron chi connectivity index (χ0n) is 18.2. The number of hydrogen-bond acceptors (Lipinski definition) is 5. The highest BCUT2D eigenvalue weighted by atomic mass is 16.5. The van der Waals surface area contributed by atoms with Crippen molar-refractivity contribution < 1.29 is 18.9 Å². The van der Waals surface area contributed by atoms with Gasteiger partial charge in [-0.2, -0.15) is 0 Å². The second-order valence-corrected chi connectivity index (χ2v) is 8.31. The van der Waals surface area contributed by atoms with Crippen LogP contribution in [0, 0.1) is 5.92 Å². The number of anilines is 1. The van der Waals surface area contributed by atoms with Crippen LogP contribution in [0.2, 0.25) is 0 Å². The fourth-order valence-corrected chi connectivity index (χ4v) is 4.18. The van der Waals surface area contributed by atoms with Crippen molar-refractivity contribution in [1.82, 2.24) is 9.80 Å². The third-order valence-electron chi connectivity index (χ3n) is 5.80. The summed E-state index contributed by atoms with van der Waals surface area (Å²) < 4.78 is 7.59. The number of amidine groups is 1. The summed E-state index contributed by atoms with van der Waals surface area (Å²) in [6.07, 6.45) is 1.70. The minimum Gasteiger partial charge on any atom is -0.494 e. The van der Waals surface area contributed by atoms with Crippen molar-refractivity contribution in [3.8, 4) is 5.75 Å². The monoisotopic (exact) mass is 412 g/mol. The molecule has 1 aromatic rings. The van der Waals surface area contributed by atoms with Gasteiger partial charge in [-0.1, -0.05) is 18.8 Å². The van der Waals surface area contributed by atoms with Gasteiger partial charge in [0.05, 0.1) is 19.7 Å². The lowest BCUT2D eigenvalue weighted by atomic mass is 10.1. The van der Waals surface area contributed by atoms with Gasteiger partial charge in [0.25, 0.3) is 5.91 Å². The number of amides is 3. The minimum absolute atomic E-state index is 0.166. The number of nitrogens with zero attached hydrogens (tertiary/aromatic N) is 5. The molecule has 30 heavy (non-hydrogen) atoms. The van der Waals surface area contributed by atoms with Gasteiger partial charge < -0.3 is 4.74 Å². The Hall–Kier alpha value is -2.90. The van der Waals surface area contributed by atoms with Gasteiger partial charge in [0, 0.05) is 20.0 Å². The number of urea groups is 1. The molecule has 0 aliphatic carbocycles. The Labute approximate surface area is 177 Å². The van der Waals surface area contributed by atoms with Crippen molar-refractivity contribution in [2.75, 3.05) is 38.2 Å². The molecule has 1 unspecified atom stereocenters. The average Bonchev–Trinajstić information content (AvgIpc) is 3.13. The van der Waals surface area contributed by atoms with Gasteiger partial charge in [-0.05, 0) is 43.5 Å². The molecule has 3 aliphatic heterocycles. The average molecular weight is 413 g/mol. The lowest BCUT2D eigenvalue weighted by molar-refractivity contribution is -0.539. The van der Waals surface area contributed by atoms with E-state index >= 15 is 0 Å². The first-order valence-corrected chi connectivity index (χ1v) is 10.7. The Morgan fingerprint density at radius 2 is 1.97 bits per heavy atom. The summed E-state index contributed by atoms with van der Waals surface area (Å²) in [6.45, 7) is 8.77. The number of ether oxygens (including phenoxy) is 1. The molecule has 0 bridgehead atoms. The van der Waals surface area contributed by atoms with E-state index in [1.165, 1.54) is 9.80 Å². The molecule has 8 nitrogen and oxygen atoms in total. The van der Waals surface area contributed by atoms with Gasteiger partial charge in [-0.15, -0.1) is 0 Å². The van der Waals surface area contributed by atoms with E-state index in [9.17, 15) is 9.59 Å². The highest BCUT2D eigenvalue weighted by Gasteiger charge is 2.54. The number of hydrogen-bond donors (Lipinski definition) is 0. The molecule has 0 saturated carbocycles. The Balaban J connectivity index is 1.65. The number of fused-ring (bicyclic) bond motifs is 2. The van der Waals surface area contributed by atoms with Gasteiger partial charge >= 0.3 is 12.0 Å². The first kappa shape index (κ1) is 20.4. The molecule has 3 heterocycles. The van der Waals surface area contributed by atoms with Crippen LogP contribution in [0.3, 0.4) is 0 Å². The summed E-state index contributed by atoms with van der Waals surface area (Å²) in [7, 11) is 1.71. The molecular formula is C22H30N5O3+. The third kappa shape index (κ3) is 3.44. The maximum Gasteiger partial charge on any atom is 0.397 e. The number of likely N-dealkylation sites (N-methyl/N-ethyl adjacent to an activating group) is 1. The Kier molecular flexibility index (Phi) is 5.49. The third-order valence-corrected chi connectivity index (χ3v) is 5.80. The predicted octanol–water partition coefficient (Wildman–Crippen LogP) is 2.38. The fourth-order valence-electron chi connectivity index (χ4n) is 4.18. The maximum atomic E-state index is 13.3. The molecule has 8 heteroatoms. The second-order valence-electron chi connectivity index (χ2n) is 8.31. The molecule has 1 aromatic carbocycles. The zero-order valence-corrected chi connectivity index (χ0v) is 18.2. The summed E-state index contributed by atoms with van der Waals surface area (Å²) in [5, 5.41) is 0. The number of carbonyl (C=O) groups is 2. The fraction of sp³-hybridized carbons (Fsp3) is 0.545. The van der Waals surface area contributed by atoms with Crippen LogP contribution in [0.15, 0.2) is 29.3 Å². The molecule has 1 fully saturated rings. The van der Waals surface area contributed by atoms with Gasteiger partial charge in [0.1, 0.15) is 11.4 Å². The first-order chi connectivity index (χ1) is 14.4. The number of aliphatic imine (C=N–C) groups is 1. The van der Waals surface area contributed by atoms with E-state index < -0.39 is 6.04 Å². The van der Waals surface area contributed by atoms with Gasteiger partial charge in [0.15, 0.2) is 0 Å². The van der Waals surface area contributed by atoms with E-state index in [-0.39, 0.29) is 11.9 Å². The van der Waals surface area contributed by atoms with Crippen LogP contribution in [0.4, 0.5) is 10.5 Å². The standard InChI is InChI=1S/C22H30N5O3/c1-5-30-17-9-7-16(8-10-17)25-12-6-13-26-18-19(23-21(25)26)24(4)22(29)27(20(18)28)14-11-15(2)3/h7-10,15,18H,5-6,11-14H2,1-4H3/q+1. The van der Waals surface area contributed by atoms with E-state index in [1.54, 1.807) is 7.05 Å². The van der Waals surface area contributed by atoms with E-state index in [1.807, 2.05) is 35.8 Å². The maximum absolute atomic E-state index is 13.3. The van der Waals surface area contributed by atoms with E-state index in [4.69, 9.17) is 9.73 Å². The Morgan fingerprint density at radius 1 is 1.23 bits per heavy atom. The Bertz CT molecular complexity index is 906. The van der Waals surface area contributed by atoms with Crippen LogP contribution >= 0.6 is 0 Å². The summed E-state index contributed by atoms with van der Waals surface area (Å²) >= 11 is 0. The molecule has 0 radical (unpaired) electrons. The van der Waals surface area contributed by atoms with Crippen LogP contribution in [0.1, 0.15) is 33.6 Å². The quantitative estimate of drug-likeness (QED) is 0.673. The highest BCUT2D eigenvalue weighted by Crippen LogP contribution is 2.28. The van der Waals surface area contributed by atoms with E-state index in [2.05, 4.69) is 18.7 Å². The molecule has 0 aromatic heterocycles. The van der Waals surface area contributed by atoms with Crippen LogP contribution in [0.5, 0.6) is 5.75 Å². The van der Waals surface area contributed by atoms with Crippen LogP contribution < -0.4 is 9.64 Å². The summed E-state index contributed by atoms with van der Waals surface area (Å²) in [4.78, 5) is 36.0. The number of benzene rings is 1. The molecule has 3 amide bonds. The van der Waals surface area contributed by atoms with E-state index in [0.29, 0.717) is 24.9 Å². The van der Waals surface area contributed by atoms with Gasteiger partial charge in [0.2, 0.25) is 11.9 Å². The van der Waals surface area contributed by atoms with Crippen LogP contribution in [-0.2, 0) is 4.79 Å². The van der Waals surface area contributed by atoms with Gasteiger partial charge in [-0.25, -0.2) is 14.3 Å². The van der Waals surface area contributed by atoms with Crippen molar-refractivity contribution in [1.29, 1.82) is 0 Å². The normalized spacial score (nSPS) is 21.3. The molecule has 1 atom stereocenters. The van der Waals surface area contributed by atoms with Crippen LogP contribution in [0.25, 0.3) is 0 Å². The minimum atomic E-state index is -0.527. The summed E-state index contributed by atoms with van der Waals surface area (Å²) in [6, 6.07) is 7.10. The molecule has 0 N–H and O–H groups in total. The molecule has 160 valence electrons. The number of rotatable bonds is 6. The first-order valence-electron chi connectivity index (χ1n) is 10.7. The smallest absolute Gasteiger partial charge is 0.397 e. The van der Waals surface area contributed by atoms with Crippen molar-refractivity contribution in [3.05, 3.63) is 24.3 Å². The van der Waals surface area contributed by atoms with Crippen molar-refractivity contribution in [2.24, 2.45) is 10.9 Å². The lowest BCUT2D eigenvalue weighted by Gasteiger charge is -2.35. The van der Waals surface area contributed by atoms with Crippen molar-refractivity contribution in [3.63, 3.8) is 0 Å². The molecule has 4 rings (SSSR count). The molecule has 0 spiro atoms. The van der Waals surface area contributed by atoms with E-state index in [0.717, 1.165) is 43.3 Å².